The van der Waals surface area contributed by atoms with Gasteiger partial charge in [-0.05, 0) is 51.9 Å². The summed E-state index contributed by atoms with van der Waals surface area (Å²) in [5.74, 6) is 1.34. The van der Waals surface area contributed by atoms with Gasteiger partial charge in [-0.15, -0.1) is 0 Å². The van der Waals surface area contributed by atoms with Gasteiger partial charge in [0.1, 0.15) is 12.0 Å². The molecule has 1 saturated heterocycles. The first-order valence-electron chi connectivity index (χ1n) is 10.1. The van der Waals surface area contributed by atoms with Crippen LogP contribution in [0.15, 0.2) is 18.0 Å². The molecule has 0 bridgehead atoms. The SMILES string of the molecule is CCOC(=O)C1CCN(c2ncnc(NCCC3=CCCCC3)c2N)CC1. The standard InChI is InChI=1S/C20H31N5O2/c1-2-27-20(26)16-9-12-25(13-10-16)19-17(21)18(23-14-24-19)22-11-8-15-6-4-3-5-7-15/h6,14,16H,2-5,7-13,21H2,1H3,(H,22,23,24). The predicted molar refractivity (Wildman–Crippen MR) is 108 cm³/mol. The van der Waals surface area contributed by atoms with Crippen molar-refractivity contribution in [1.82, 2.24) is 9.97 Å². The van der Waals surface area contributed by atoms with Gasteiger partial charge in [-0.1, -0.05) is 11.6 Å². The Balaban J connectivity index is 1.55. The Kier molecular flexibility index (Phi) is 6.90. The zero-order valence-corrected chi connectivity index (χ0v) is 16.2. The van der Waals surface area contributed by atoms with Gasteiger partial charge < -0.3 is 20.7 Å². The third-order valence-corrected chi connectivity index (χ3v) is 5.40. The molecular formula is C20H31N5O2. The molecule has 1 aromatic heterocycles. The molecule has 0 aromatic carbocycles. The summed E-state index contributed by atoms with van der Waals surface area (Å²) < 4.78 is 5.14. The Morgan fingerprint density at radius 3 is 2.85 bits per heavy atom. The fourth-order valence-corrected chi connectivity index (χ4v) is 3.84. The number of nitrogens with zero attached hydrogens (tertiary/aromatic N) is 3. The van der Waals surface area contributed by atoms with Crippen LogP contribution in [0.3, 0.4) is 0 Å². The van der Waals surface area contributed by atoms with Crippen molar-refractivity contribution in [3.05, 3.63) is 18.0 Å². The molecule has 3 N–H and O–H groups in total. The third-order valence-electron chi connectivity index (χ3n) is 5.40. The van der Waals surface area contributed by atoms with Crippen LogP contribution in [0, 0.1) is 5.92 Å². The minimum atomic E-state index is -0.0906. The zero-order valence-electron chi connectivity index (χ0n) is 16.2. The van der Waals surface area contributed by atoms with Crippen LogP contribution in [0.2, 0.25) is 0 Å². The number of allylic oxidation sites excluding steroid dienone is 1. The van der Waals surface area contributed by atoms with E-state index in [9.17, 15) is 4.79 Å². The van der Waals surface area contributed by atoms with Crippen LogP contribution in [0.1, 0.15) is 51.9 Å². The number of anilines is 3. The van der Waals surface area contributed by atoms with Crippen LogP contribution < -0.4 is 16.0 Å². The topological polar surface area (TPSA) is 93.4 Å². The van der Waals surface area contributed by atoms with Crippen molar-refractivity contribution in [2.45, 2.75) is 51.9 Å². The lowest BCUT2D eigenvalue weighted by atomic mass is 9.97. The van der Waals surface area contributed by atoms with Crippen LogP contribution in [0.25, 0.3) is 0 Å². The van der Waals surface area contributed by atoms with Gasteiger partial charge in [0, 0.05) is 19.6 Å². The molecule has 0 amide bonds. The highest BCUT2D eigenvalue weighted by Gasteiger charge is 2.27. The molecule has 0 saturated carbocycles. The molecule has 0 radical (unpaired) electrons. The van der Waals surface area contributed by atoms with Crippen molar-refractivity contribution in [2.75, 3.05) is 42.2 Å². The number of piperidine rings is 1. The van der Waals surface area contributed by atoms with E-state index in [1.165, 1.54) is 31.3 Å². The molecule has 148 valence electrons. The number of nitrogens with two attached hydrogens (primary N) is 1. The molecule has 27 heavy (non-hydrogen) atoms. The first-order valence-corrected chi connectivity index (χ1v) is 10.1. The highest BCUT2D eigenvalue weighted by atomic mass is 16.5. The lowest BCUT2D eigenvalue weighted by Crippen LogP contribution is -2.38. The number of rotatable bonds is 7. The van der Waals surface area contributed by atoms with E-state index in [1.807, 2.05) is 6.92 Å². The molecule has 7 nitrogen and oxygen atoms in total. The monoisotopic (exact) mass is 373 g/mol. The van der Waals surface area contributed by atoms with Crippen LogP contribution in [0.5, 0.6) is 0 Å². The maximum atomic E-state index is 11.9. The van der Waals surface area contributed by atoms with Crippen molar-refractivity contribution >= 4 is 23.3 Å². The fraction of sp³-hybridized carbons (Fsp3) is 0.650. The van der Waals surface area contributed by atoms with E-state index in [0.29, 0.717) is 18.1 Å². The van der Waals surface area contributed by atoms with E-state index < -0.39 is 0 Å². The molecule has 1 aliphatic carbocycles. The van der Waals surface area contributed by atoms with Crippen LogP contribution in [-0.2, 0) is 9.53 Å². The number of hydrogen-bond acceptors (Lipinski definition) is 7. The molecule has 1 aromatic rings. The van der Waals surface area contributed by atoms with E-state index in [0.717, 1.165) is 44.7 Å². The Morgan fingerprint density at radius 2 is 2.15 bits per heavy atom. The van der Waals surface area contributed by atoms with Gasteiger partial charge in [0.15, 0.2) is 11.6 Å². The van der Waals surface area contributed by atoms with Gasteiger partial charge >= 0.3 is 5.97 Å². The maximum Gasteiger partial charge on any atom is 0.309 e. The molecule has 7 heteroatoms. The number of hydrogen-bond donors (Lipinski definition) is 2. The second-order valence-corrected chi connectivity index (χ2v) is 7.26. The van der Waals surface area contributed by atoms with Crippen molar-refractivity contribution < 1.29 is 9.53 Å². The quantitative estimate of drug-likeness (QED) is 0.560. The summed E-state index contributed by atoms with van der Waals surface area (Å²) in [4.78, 5) is 22.8. The molecule has 1 fully saturated rings. The van der Waals surface area contributed by atoms with E-state index in [-0.39, 0.29) is 11.9 Å². The van der Waals surface area contributed by atoms with E-state index in [4.69, 9.17) is 10.5 Å². The molecule has 2 aliphatic rings. The summed E-state index contributed by atoms with van der Waals surface area (Å²) in [6.07, 6.45) is 11.5. The largest absolute Gasteiger partial charge is 0.466 e. The van der Waals surface area contributed by atoms with Gasteiger partial charge in [-0.3, -0.25) is 4.79 Å². The minimum absolute atomic E-state index is 0.0226. The first-order chi connectivity index (χ1) is 13.2. The highest BCUT2D eigenvalue weighted by Crippen LogP contribution is 2.30. The summed E-state index contributed by atoms with van der Waals surface area (Å²) >= 11 is 0. The van der Waals surface area contributed by atoms with Crippen LogP contribution in [-0.4, -0.2) is 42.2 Å². The van der Waals surface area contributed by atoms with Gasteiger partial charge in [-0.2, -0.15) is 0 Å². The van der Waals surface area contributed by atoms with Crippen LogP contribution >= 0.6 is 0 Å². The normalized spacial score (nSPS) is 18.1. The molecule has 3 rings (SSSR count). The molecule has 1 aliphatic heterocycles. The van der Waals surface area contributed by atoms with Crippen molar-refractivity contribution in [1.29, 1.82) is 0 Å². The summed E-state index contributed by atoms with van der Waals surface area (Å²) in [7, 11) is 0. The second-order valence-electron chi connectivity index (χ2n) is 7.26. The predicted octanol–water partition coefficient (Wildman–Crippen LogP) is 3.14. The lowest BCUT2D eigenvalue weighted by Gasteiger charge is -2.32. The Morgan fingerprint density at radius 1 is 1.33 bits per heavy atom. The number of carbonyl (C=O) groups excluding carboxylic acids is 1. The number of ether oxygens (including phenoxy) is 1. The summed E-state index contributed by atoms with van der Waals surface area (Å²) in [5.41, 5.74) is 8.46. The second kappa shape index (κ2) is 9.58. The molecule has 0 unspecified atom stereocenters. The maximum absolute atomic E-state index is 11.9. The fourth-order valence-electron chi connectivity index (χ4n) is 3.84. The summed E-state index contributed by atoms with van der Waals surface area (Å²) in [6.45, 7) is 4.60. The van der Waals surface area contributed by atoms with E-state index in [1.54, 1.807) is 6.33 Å². The minimum Gasteiger partial charge on any atom is -0.466 e. The third kappa shape index (κ3) is 5.11. The number of nitrogen functional groups attached to an aromatic ring is 1. The van der Waals surface area contributed by atoms with Crippen LogP contribution in [0.4, 0.5) is 17.3 Å². The summed E-state index contributed by atoms with van der Waals surface area (Å²) in [5, 5.41) is 3.37. The van der Waals surface area contributed by atoms with Crippen molar-refractivity contribution in [3.63, 3.8) is 0 Å². The Bertz CT molecular complexity index is 668. The average molecular weight is 374 g/mol. The Hall–Kier alpha value is -2.31. The van der Waals surface area contributed by atoms with E-state index in [2.05, 4.69) is 26.3 Å². The number of esters is 1. The molecular weight excluding hydrogens is 342 g/mol. The summed E-state index contributed by atoms with van der Waals surface area (Å²) in [6, 6.07) is 0. The smallest absolute Gasteiger partial charge is 0.309 e. The lowest BCUT2D eigenvalue weighted by molar-refractivity contribution is -0.148. The van der Waals surface area contributed by atoms with E-state index >= 15 is 0 Å². The van der Waals surface area contributed by atoms with Crippen molar-refractivity contribution in [3.8, 4) is 0 Å². The number of carbonyl (C=O) groups is 1. The van der Waals surface area contributed by atoms with Crippen molar-refractivity contribution in [2.24, 2.45) is 5.92 Å². The molecule has 2 heterocycles. The van der Waals surface area contributed by atoms with Gasteiger partial charge in [0.25, 0.3) is 0 Å². The highest BCUT2D eigenvalue weighted by molar-refractivity contribution is 5.76. The number of nitrogens with one attached hydrogen (secondary N) is 1. The first kappa shape index (κ1) is 19.5. The Labute approximate surface area is 161 Å². The molecule has 0 spiro atoms. The zero-order chi connectivity index (χ0) is 19.1. The molecule has 0 atom stereocenters. The average Bonchev–Trinajstić information content (AvgIpc) is 2.70. The van der Waals surface area contributed by atoms with Gasteiger partial charge in [-0.25, -0.2) is 9.97 Å². The van der Waals surface area contributed by atoms with Gasteiger partial charge in [0.2, 0.25) is 0 Å². The van der Waals surface area contributed by atoms with Gasteiger partial charge in [0.05, 0.1) is 12.5 Å². The number of aromatic nitrogens is 2.